The zero-order valence-corrected chi connectivity index (χ0v) is 17.5. The van der Waals surface area contributed by atoms with Gasteiger partial charge in [-0.05, 0) is 25.2 Å². The molecule has 4 aliphatic rings. The minimum atomic E-state index is 0.415. The lowest BCUT2D eigenvalue weighted by Gasteiger charge is -2.28. The van der Waals surface area contributed by atoms with E-state index in [0.29, 0.717) is 31.7 Å². The first-order chi connectivity index (χ1) is 14.8. The van der Waals surface area contributed by atoms with Crippen LogP contribution in [0.2, 0.25) is 0 Å². The summed E-state index contributed by atoms with van der Waals surface area (Å²) in [7, 11) is 0. The van der Waals surface area contributed by atoms with Crippen LogP contribution in [0.3, 0.4) is 0 Å². The number of fused-ring (bicyclic) bond motifs is 2. The van der Waals surface area contributed by atoms with E-state index >= 15 is 0 Å². The van der Waals surface area contributed by atoms with Gasteiger partial charge in [0.1, 0.15) is 12.4 Å². The topological polar surface area (TPSA) is 84.0 Å². The van der Waals surface area contributed by atoms with Crippen molar-refractivity contribution in [2.45, 2.75) is 19.3 Å². The van der Waals surface area contributed by atoms with Crippen molar-refractivity contribution >= 4 is 11.6 Å². The summed E-state index contributed by atoms with van der Waals surface area (Å²) in [6.07, 6.45) is 6.25. The SMILES string of the molecule is C1=C(NNc2cc(N3CCOCC3)nc(OCCN3CCOCC3)n2)C2CCC1C2. The summed E-state index contributed by atoms with van der Waals surface area (Å²) in [5, 5.41) is 0. The largest absolute Gasteiger partial charge is 0.462 e. The zero-order chi connectivity index (χ0) is 20.2. The molecule has 2 saturated heterocycles. The van der Waals surface area contributed by atoms with Crippen LogP contribution in [0.1, 0.15) is 19.3 Å². The van der Waals surface area contributed by atoms with Gasteiger partial charge in [-0.15, -0.1) is 0 Å². The molecular formula is C21H32N6O3. The molecule has 2 aliphatic carbocycles. The van der Waals surface area contributed by atoms with Crippen molar-refractivity contribution in [2.24, 2.45) is 11.8 Å². The number of hydrogen-bond donors (Lipinski definition) is 2. The molecule has 0 spiro atoms. The van der Waals surface area contributed by atoms with Crippen LogP contribution in [-0.2, 0) is 9.47 Å². The fraction of sp³-hybridized carbons (Fsp3) is 0.714. The third-order valence-corrected chi connectivity index (χ3v) is 6.43. The second-order valence-electron chi connectivity index (χ2n) is 8.44. The van der Waals surface area contributed by atoms with Crippen LogP contribution in [0.25, 0.3) is 0 Å². The van der Waals surface area contributed by atoms with Crippen LogP contribution in [0.15, 0.2) is 17.8 Å². The fourth-order valence-electron chi connectivity index (χ4n) is 4.71. The van der Waals surface area contributed by atoms with Gasteiger partial charge in [-0.2, -0.15) is 9.97 Å². The molecule has 3 heterocycles. The molecule has 2 atom stereocenters. The lowest BCUT2D eigenvalue weighted by molar-refractivity contribution is 0.0317. The third kappa shape index (κ3) is 4.79. The van der Waals surface area contributed by atoms with E-state index in [-0.39, 0.29) is 0 Å². The van der Waals surface area contributed by atoms with Crippen molar-refractivity contribution in [3.05, 3.63) is 17.8 Å². The van der Waals surface area contributed by atoms with E-state index < -0.39 is 0 Å². The van der Waals surface area contributed by atoms with Gasteiger partial charge in [0, 0.05) is 50.4 Å². The van der Waals surface area contributed by atoms with Gasteiger partial charge in [-0.1, -0.05) is 6.08 Å². The van der Waals surface area contributed by atoms with Gasteiger partial charge < -0.3 is 24.5 Å². The summed E-state index contributed by atoms with van der Waals surface area (Å²) in [6.45, 7) is 7.99. The second-order valence-corrected chi connectivity index (χ2v) is 8.44. The number of allylic oxidation sites excluding steroid dienone is 2. The standard InChI is InChI=1S/C21H32N6O3/c1-2-17-13-16(1)14-18(17)24-25-19-15-20(27-6-10-29-11-7-27)23-21(22-19)30-12-5-26-3-8-28-9-4-26/h14-17,24H,1-13H2,(H,22,23,25). The van der Waals surface area contributed by atoms with Gasteiger partial charge in [0.25, 0.3) is 0 Å². The van der Waals surface area contributed by atoms with Crippen LogP contribution in [0, 0.1) is 11.8 Å². The van der Waals surface area contributed by atoms with Crippen molar-refractivity contribution < 1.29 is 14.2 Å². The minimum Gasteiger partial charge on any atom is -0.462 e. The molecule has 3 fully saturated rings. The van der Waals surface area contributed by atoms with E-state index in [1.165, 1.54) is 25.0 Å². The number of morpholine rings is 2. The van der Waals surface area contributed by atoms with Gasteiger partial charge in [0.05, 0.1) is 26.4 Å². The lowest BCUT2D eigenvalue weighted by Crippen LogP contribution is -2.39. The number of aromatic nitrogens is 2. The molecular weight excluding hydrogens is 384 g/mol. The summed E-state index contributed by atoms with van der Waals surface area (Å²) < 4.78 is 16.9. The maximum absolute atomic E-state index is 5.96. The first-order valence-electron chi connectivity index (χ1n) is 11.2. The van der Waals surface area contributed by atoms with Gasteiger partial charge in [-0.3, -0.25) is 10.3 Å². The molecule has 164 valence electrons. The van der Waals surface area contributed by atoms with Crippen molar-refractivity contribution in [1.82, 2.24) is 20.3 Å². The molecule has 2 aliphatic heterocycles. The molecule has 30 heavy (non-hydrogen) atoms. The number of rotatable bonds is 8. The van der Waals surface area contributed by atoms with Crippen LogP contribution in [0.5, 0.6) is 6.01 Å². The lowest BCUT2D eigenvalue weighted by atomic mass is 10.1. The molecule has 9 heteroatoms. The summed E-state index contributed by atoms with van der Waals surface area (Å²) in [5.74, 6) is 3.01. The zero-order valence-electron chi connectivity index (χ0n) is 17.5. The number of anilines is 2. The predicted molar refractivity (Wildman–Crippen MR) is 113 cm³/mol. The number of hydrazine groups is 1. The van der Waals surface area contributed by atoms with Crippen molar-refractivity contribution in [3.8, 4) is 6.01 Å². The van der Waals surface area contributed by atoms with E-state index in [9.17, 15) is 0 Å². The number of nitrogens with zero attached hydrogens (tertiary/aromatic N) is 4. The summed E-state index contributed by atoms with van der Waals surface area (Å²) in [4.78, 5) is 13.8. The Morgan fingerprint density at radius 3 is 2.53 bits per heavy atom. The summed E-state index contributed by atoms with van der Waals surface area (Å²) in [6, 6.07) is 2.40. The molecule has 1 saturated carbocycles. The first-order valence-corrected chi connectivity index (χ1v) is 11.2. The Morgan fingerprint density at radius 1 is 1.00 bits per heavy atom. The van der Waals surface area contributed by atoms with Crippen LogP contribution >= 0.6 is 0 Å². The summed E-state index contributed by atoms with van der Waals surface area (Å²) >= 11 is 0. The van der Waals surface area contributed by atoms with E-state index in [1.807, 2.05) is 6.07 Å². The molecule has 2 unspecified atom stereocenters. The molecule has 0 amide bonds. The van der Waals surface area contributed by atoms with Crippen molar-refractivity contribution in [3.63, 3.8) is 0 Å². The van der Waals surface area contributed by atoms with Crippen LogP contribution in [0.4, 0.5) is 11.6 Å². The monoisotopic (exact) mass is 416 g/mol. The molecule has 2 bridgehead atoms. The quantitative estimate of drug-likeness (QED) is 0.608. The number of nitrogens with one attached hydrogen (secondary N) is 2. The average molecular weight is 417 g/mol. The van der Waals surface area contributed by atoms with Crippen molar-refractivity contribution in [2.75, 3.05) is 76.1 Å². The molecule has 0 radical (unpaired) electrons. The van der Waals surface area contributed by atoms with E-state index in [1.54, 1.807) is 0 Å². The highest BCUT2D eigenvalue weighted by Crippen LogP contribution is 2.42. The highest BCUT2D eigenvalue weighted by Gasteiger charge is 2.32. The molecule has 1 aromatic heterocycles. The Kier molecular flexibility index (Phi) is 6.19. The maximum atomic E-state index is 5.96. The van der Waals surface area contributed by atoms with Gasteiger partial charge in [0.15, 0.2) is 5.82 Å². The highest BCUT2D eigenvalue weighted by molar-refractivity contribution is 5.50. The van der Waals surface area contributed by atoms with Gasteiger partial charge in [-0.25, -0.2) is 0 Å². The van der Waals surface area contributed by atoms with E-state index in [0.717, 1.165) is 63.5 Å². The van der Waals surface area contributed by atoms with Gasteiger partial charge >= 0.3 is 6.01 Å². The predicted octanol–water partition coefficient (Wildman–Crippen LogP) is 1.25. The normalized spacial score (nSPS) is 26.5. The Labute approximate surface area is 177 Å². The summed E-state index contributed by atoms with van der Waals surface area (Å²) in [5.41, 5.74) is 7.99. The Morgan fingerprint density at radius 2 is 1.80 bits per heavy atom. The fourth-order valence-corrected chi connectivity index (χ4v) is 4.71. The molecule has 0 aromatic carbocycles. The highest BCUT2D eigenvalue weighted by atomic mass is 16.5. The Balaban J connectivity index is 1.24. The van der Waals surface area contributed by atoms with Gasteiger partial charge in [0.2, 0.25) is 0 Å². The van der Waals surface area contributed by atoms with Crippen LogP contribution in [-0.4, -0.2) is 80.6 Å². The maximum Gasteiger partial charge on any atom is 0.320 e. The second kappa shape index (κ2) is 9.36. The number of ether oxygens (including phenoxy) is 3. The minimum absolute atomic E-state index is 0.415. The van der Waals surface area contributed by atoms with E-state index in [4.69, 9.17) is 14.2 Å². The molecule has 9 nitrogen and oxygen atoms in total. The van der Waals surface area contributed by atoms with Crippen LogP contribution < -0.4 is 20.5 Å². The average Bonchev–Trinajstić information content (AvgIpc) is 3.43. The van der Waals surface area contributed by atoms with E-state index in [2.05, 4.69) is 36.7 Å². The first kappa shape index (κ1) is 19.8. The Hall–Kier alpha value is -2.10. The Bertz CT molecular complexity index is 748. The molecule has 5 rings (SSSR count). The smallest absolute Gasteiger partial charge is 0.320 e. The number of hydrogen-bond acceptors (Lipinski definition) is 9. The molecule has 1 aromatic rings. The third-order valence-electron chi connectivity index (χ3n) is 6.43. The van der Waals surface area contributed by atoms with Crippen molar-refractivity contribution in [1.29, 1.82) is 0 Å². The molecule has 2 N–H and O–H groups in total.